The third-order valence-corrected chi connectivity index (χ3v) is 2.12. The van der Waals surface area contributed by atoms with Gasteiger partial charge >= 0.3 is 5.97 Å². The molecule has 1 amide bonds. The van der Waals surface area contributed by atoms with Crippen LogP contribution in [0.3, 0.4) is 0 Å². The molecule has 0 heterocycles. The first-order valence-electron chi connectivity index (χ1n) is 4.34. The summed E-state index contributed by atoms with van der Waals surface area (Å²) < 4.78 is 0. The monoisotopic (exact) mass is 251 g/mol. The molecule has 0 fully saturated rings. The number of carbonyl (C=O) groups excluding carboxylic acids is 1. The van der Waals surface area contributed by atoms with Gasteiger partial charge in [-0.1, -0.05) is 0 Å². The highest BCUT2D eigenvalue weighted by atomic mass is 32.1. The molecule has 0 rings (SSSR count). The van der Waals surface area contributed by atoms with Crippen molar-refractivity contribution in [3.63, 3.8) is 0 Å². The zero-order valence-corrected chi connectivity index (χ0v) is 9.35. The summed E-state index contributed by atoms with van der Waals surface area (Å²) in [5.41, 5.74) is 1.92. The third-order valence-electron chi connectivity index (χ3n) is 1.75. The highest BCUT2D eigenvalue weighted by molar-refractivity contribution is 7.80. The average Bonchev–Trinajstić information content (AvgIpc) is 2.21. The molecule has 0 aromatic carbocycles. The van der Waals surface area contributed by atoms with E-state index < -0.39 is 30.1 Å². The van der Waals surface area contributed by atoms with Gasteiger partial charge in [0.15, 0.2) is 6.04 Å². The molecule has 0 aromatic heterocycles. The predicted octanol–water partition coefficient (Wildman–Crippen LogP) is -1.49. The molecule has 0 aromatic rings. The first-order valence-corrected chi connectivity index (χ1v) is 4.97. The molecule has 0 radical (unpaired) electrons. The van der Waals surface area contributed by atoms with E-state index in [2.05, 4.69) is 23.2 Å². The number of hydrogen-bond donors (Lipinski definition) is 5. The normalized spacial score (nSPS) is 15.7. The molecule has 3 atom stereocenters. The molecule has 4 N–H and O–H groups in total. The first kappa shape index (κ1) is 14.6. The molecule has 16 heavy (non-hydrogen) atoms. The molecule has 0 aliphatic heterocycles. The van der Waals surface area contributed by atoms with Gasteiger partial charge in [-0.05, 0) is 6.92 Å². The van der Waals surface area contributed by atoms with E-state index >= 15 is 0 Å². The second-order valence-corrected chi connectivity index (χ2v) is 3.39. The number of thiol groups is 1. The minimum Gasteiger partial charge on any atom is -0.480 e. The largest absolute Gasteiger partial charge is 0.480 e. The van der Waals surface area contributed by atoms with E-state index in [0.717, 1.165) is 0 Å². The fourth-order valence-electron chi connectivity index (χ4n) is 0.889. The molecule has 8 nitrogen and oxygen atoms in total. The van der Waals surface area contributed by atoms with Crippen molar-refractivity contribution in [2.24, 2.45) is 5.29 Å². The van der Waals surface area contributed by atoms with Gasteiger partial charge in [-0.3, -0.25) is 10.2 Å². The molecule has 0 saturated heterocycles. The maximum absolute atomic E-state index is 11.4. The Kier molecular flexibility index (Phi) is 6.42. The fraction of sp³-hybridized carbons (Fsp3) is 0.714. The summed E-state index contributed by atoms with van der Waals surface area (Å²) in [5, 5.41) is 22.1. The van der Waals surface area contributed by atoms with E-state index in [4.69, 9.17) is 10.2 Å². The zero-order chi connectivity index (χ0) is 12.7. The summed E-state index contributed by atoms with van der Waals surface area (Å²) in [6.45, 7) is 1.22. The maximum atomic E-state index is 11.4. The highest BCUT2D eigenvalue weighted by Crippen LogP contribution is 1.96. The van der Waals surface area contributed by atoms with Crippen LogP contribution in [0.15, 0.2) is 5.29 Å². The lowest BCUT2D eigenvalue weighted by atomic mass is 10.1. The number of nitrogens with one attached hydrogen (secondary N) is 2. The van der Waals surface area contributed by atoms with Crippen LogP contribution >= 0.6 is 12.6 Å². The van der Waals surface area contributed by atoms with Gasteiger partial charge in [0.25, 0.3) is 0 Å². The number of nitroso groups, excluding NO2 is 1. The van der Waals surface area contributed by atoms with Crippen LogP contribution in [0.4, 0.5) is 0 Å². The van der Waals surface area contributed by atoms with Crippen molar-refractivity contribution in [1.29, 1.82) is 0 Å². The van der Waals surface area contributed by atoms with E-state index in [0.29, 0.717) is 0 Å². The van der Waals surface area contributed by atoms with Gasteiger partial charge in [-0.2, -0.15) is 12.6 Å². The van der Waals surface area contributed by atoms with E-state index in [1.54, 1.807) is 0 Å². The summed E-state index contributed by atoms with van der Waals surface area (Å²) in [5.74, 6) is -2.19. The number of aliphatic hydroxyl groups excluding tert-OH is 1. The van der Waals surface area contributed by atoms with Crippen molar-refractivity contribution in [1.82, 2.24) is 10.7 Å². The highest BCUT2D eigenvalue weighted by Gasteiger charge is 2.28. The summed E-state index contributed by atoms with van der Waals surface area (Å²) in [7, 11) is 0. The standard InChI is InChI=1S/C7H13N3O5S/c1-3(11)5(7(13)14)8-6(12)4(2-16)9-10-15/h3-5,11,16H,2H2,1H3,(H,8,12)(H,9,15)(H,13,14)/t3?,4-,5+/m1/s1. The lowest BCUT2D eigenvalue weighted by Gasteiger charge is -2.19. The van der Waals surface area contributed by atoms with Gasteiger partial charge in [-0.25, -0.2) is 4.79 Å². The first-order chi connectivity index (χ1) is 7.43. The number of aliphatic hydroxyl groups is 1. The number of rotatable bonds is 7. The number of amides is 1. The van der Waals surface area contributed by atoms with Gasteiger partial charge in [-0.15, -0.1) is 4.91 Å². The molecule has 0 aliphatic rings. The lowest BCUT2D eigenvalue weighted by molar-refractivity contribution is -0.145. The van der Waals surface area contributed by atoms with Gasteiger partial charge in [0, 0.05) is 5.75 Å². The molecule has 0 saturated carbocycles. The fourth-order valence-corrected chi connectivity index (χ4v) is 1.14. The van der Waals surface area contributed by atoms with Crippen LogP contribution in [0.2, 0.25) is 0 Å². The number of nitrogens with zero attached hydrogens (tertiary/aromatic N) is 1. The summed E-state index contributed by atoms with van der Waals surface area (Å²) in [6, 6.07) is -2.48. The molecule has 0 aliphatic carbocycles. The van der Waals surface area contributed by atoms with Crippen LogP contribution in [0.25, 0.3) is 0 Å². The lowest BCUT2D eigenvalue weighted by Crippen LogP contribution is -2.53. The second kappa shape index (κ2) is 7.01. The third kappa shape index (κ3) is 4.45. The summed E-state index contributed by atoms with van der Waals surface area (Å²) >= 11 is 3.78. The van der Waals surface area contributed by atoms with E-state index in [-0.39, 0.29) is 5.75 Å². The van der Waals surface area contributed by atoms with Crippen LogP contribution in [0, 0.1) is 4.91 Å². The topological polar surface area (TPSA) is 128 Å². The minimum atomic E-state index is -1.44. The zero-order valence-electron chi connectivity index (χ0n) is 8.45. The number of aliphatic carboxylic acids is 1. The van der Waals surface area contributed by atoms with Crippen molar-refractivity contribution < 1.29 is 19.8 Å². The second-order valence-electron chi connectivity index (χ2n) is 3.02. The molecular weight excluding hydrogens is 238 g/mol. The summed E-state index contributed by atoms with van der Waals surface area (Å²) in [4.78, 5) is 31.9. The van der Waals surface area contributed by atoms with Crippen molar-refractivity contribution in [2.45, 2.75) is 25.1 Å². The smallest absolute Gasteiger partial charge is 0.328 e. The van der Waals surface area contributed by atoms with Gasteiger partial charge in [0.2, 0.25) is 5.91 Å². The Labute approximate surface area is 96.8 Å². The molecule has 1 unspecified atom stereocenters. The van der Waals surface area contributed by atoms with Crippen LogP contribution in [0.1, 0.15) is 6.92 Å². The molecule has 9 heteroatoms. The molecular formula is C7H13N3O5S. The minimum absolute atomic E-state index is 0.0380. The Balaban J connectivity index is 4.49. The number of hydrogen-bond acceptors (Lipinski definition) is 6. The number of carbonyl (C=O) groups is 2. The van der Waals surface area contributed by atoms with Crippen LogP contribution < -0.4 is 10.7 Å². The Bertz CT molecular complexity index is 273. The van der Waals surface area contributed by atoms with E-state index in [9.17, 15) is 14.5 Å². The Morgan fingerprint density at radius 3 is 2.38 bits per heavy atom. The van der Waals surface area contributed by atoms with Crippen LogP contribution in [0.5, 0.6) is 0 Å². The van der Waals surface area contributed by atoms with Crippen molar-refractivity contribution in [3.05, 3.63) is 4.91 Å². The average molecular weight is 251 g/mol. The maximum Gasteiger partial charge on any atom is 0.328 e. The Hall–Kier alpha value is -1.35. The molecule has 0 spiro atoms. The van der Waals surface area contributed by atoms with Crippen molar-refractivity contribution in [3.8, 4) is 0 Å². The SMILES string of the molecule is CC(O)[C@H](NC(=O)[C@@H](CS)NN=O)C(=O)O. The van der Waals surface area contributed by atoms with Gasteiger partial charge < -0.3 is 15.5 Å². The molecule has 0 bridgehead atoms. The Morgan fingerprint density at radius 1 is 1.50 bits per heavy atom. The van der Waals surface area contributed by atoms with E-state index in [1.165, 1.54) is 6.92 Å². The van der Waals surface area contributed by atoms with Gasteiger partial charge in [0.1, 0.15) is 6.04 Å². The van der Waals surface area contributed by atoms with Crippen molar-refractivity contribution in [2.75, 3.05) is 5.75 Å². The van der Waals surface area contributed by atoms with Crippen molar-refractivity contribution >= 4 is 24.5 Å². The van der Waals surface area contributed by atoms with Crippen LogP contribution in [-0.2, 0) is 9.59 Å². The van der Waals surface area contributed by atoms with Gasteiger partial charge in [0.05, 0.1) is 11.4 Å². The molecule has 92 valence electrons. The van der Waals surface area contributed by atoms with E-state index in [1.807, 2.05) is 5.43 Å². The Morgan fingerprint density at radius 2 is 2.06 bits per heavy atom. The van der Waals surface area contributed by atoms with Crippen LogP contribution in [-0.4, -0.2) is 46.0 Å². The number of carboxylic acid groups (broad SMARTS) is 1. The predicted molar refractivity (Wildman–Crippen MR) is 57.8 cm³/mol. The summed E-state index contributed by atoms with van der Waals surface area (Å²) in [6.07, 6.45) is -1.26. The number of carboxylic acids is 1. The quantitative estimate of drug-likeness (QED) is 0.213.